The van der Waals surface area contributed by atoms with Gasteiger partial charge in [0, 0.05) is 17.5 Å². The minimum atomic E-state index is 0.453. The van der Waals surface area contributed by atoms with Gasteiger partial charge in [0.1, 0.15) is 5.75 Å². The predicted molar refractivity (Wildman–Crippen MR) is 87.0 cm³/mol. The van der Waals surface area contributed by atoms with Crippen LogP contribution in [0.4, 0.5) is 0 Å². The first-order chi connectivity index (χ1) is 10.3. The minimum Gasteiger partial charge on any atom is -0.493 e. The van der Waals surface area contributed by atoms with Crippen molar-refractivity contribution in [2.24, 2.45) is 5.73 Å². The van der Waals surface area contributed by atoms with Crippen molar-refractivity contribution >= 4 is 11.6 Å². The Morgan fingerprint density at radius 1 is 1.19 bits per heavy atom. The molecule has 0 spiro atoms. The summed E-state index contributed by atoms with van der Waals surface area (Å²) in [6.45, 7) is 1.16. The second-order valence-electron chi connectivity index (χ2n) is 5.56. The molecule has 0 bridgehead atoms. The molecule has 110 valence electrons. The Bertz CT molecular complexity index is 626. The Kier molecular flexibility index (Phi) is 4.47. The molecular weight excluding hydrogens is 282 g/mol. The number of hydrogen-bond donors (Lipinski definition) is 1. The summed E-state index contributed by atoms with van der Waals surface area (Å²) < 4.78 is 5.96. The number of hydrogen-bond acceptors (Lipinski definition) is 2. The van der Waals surface area contributed by atoms with Crippen LogP contribution in [0.1, 0.15) is 35.4 Å². The summed E-state index contributed by atoms with van der Waals surface area (Å²) in [7, 11) is 0. The third-order valence-corrected chi connectivity index (χ3v) is 4.54. The van der Waals surface area contributed by atoms with Crippen molar-refractivity contribution in [2.75, 3.05) is 6.61 Å². The van der Waals surface area contributed by atoms with Crippen molar-refractivity contribution in [3.63, 3.8) is 0 Å². The van der Waals surface area contributed by atoms with E-state index in [4.69, 9.17) is 22.1 Å². The maximum atomic E-state index is 6.17. The third-order valence-electron chi connectivity index (χ3n) is 4.19. The molecule has 0 aliphatic heterocycles. The van der Waals surface area contributed by atoms with Gasteiger partial charge in [-0.2, -0.15) is 0 Å². The molecule has 2 nitrogen and oxygen atoms in total. The molecule has 1 aliphatic rings. The molecule has 1 atom stereocenters. The molecule has 0 fully saturated rings. The van der Waals surface area contributed by atoms with E-state index in [9.17, 15) is 0 Å². The maximum absolute atomic E-state index is 6.17. The zero-order chi connectivity index (χ0) is 14.7. The lowest BCUT2D eigenvalue weighted by molar-refractivity contribution is 0.274. The molecular formula is C18H20ClNO. The van der Waals surface area contributed by atoms with Gasteiger partial charge in [-0.15, -0.1) is 0 Å². The first kappa shape index (κ1) is 14.4. The Balaban J connectivity index is 1.70. The number of ether oxygens (including phenoxy) is 1. The van der Waals surface area contributed by atoms with Gasteiger partial charge in [0.15, 0.2) is 0 Å². The van der Waals surface area contributed by atoms with Crippen molar-refractivity contribution in [1.29, 1.82) is 0 Å². The number of fused-ring (bicyclic) bond motifs is 1. The molecule has 2 aromatic carbocycles. The third kappa shape index (κ3) is 3.22. The van der Waals surface area contributed by atoms with Crippen LogP contribution in [0.15, 0.2) is 42.5 Å². The molecule has 3 heteroatoms. The molecule has 0 radical (unpaired) electrons. The molecule has 0 saturated heterocycles. The monoisotopic (exact) mass is 301 g/mol. The highest BCUT2D eigenvalue weighted by molar-refractivity contribution is 6.31. The number of rotatable bonds is 4. The number of aryl methyl sites for hydroxylation is 1. The molecule has 2 N–H and O–H groups in total. The maximum Gasteiger partial charge on any atom is 0.120 e. The lowest BCUT2D eigenvalue weighted by atomic mass is 9.83. The van der Waals surface area contributed by atoms with E-state index in [1.807, 2.05) is 18.2 Å². The van der Waals surface area contributed by atoms with Crippen molar-refractivity contribution in [2.45, 2.75) is 31.7 Å². The average molecular weight is 302 g/mol. The van der Waals surface area contributed by atoms with Gasteiger partial charge in [-0.3, -0.25) is 0 Å². The average Bonchev–Trinajstić information content (AvgIpc) is 2.53. The SMILES string of the molecule is NCc1ccc(OCC2CCCc3ccccc32)cc1Cl. The summed E-state index contributed by atoms with van der Waals surface area (Å²) in [6, 6.07) is 14.4. The van der Waals surface area contributed by atoms with Crippen molar-refractivity contribution in [1.82, 2.24) is 0 Å². The summed E-state index contributed by atoms with van der Waals surface area (Å²) >= 11 is 6.17. The molecule has 0 aromatic heterocycles. The van der Waals surface area contributed by atoms with E-state index in [0.29, 0.717) is 24.1 Å². The zero-order valence-corrected chi connectivity index (χ0v) is 12.8. The largest absolute Gasteiger partial charge is 0.493 e. The highest BCUT2D eigenvalue weighted by Gasteiger charge is 2.20. The highest BCUT2D eigenvalue weighted by atomic mass is 35.5. The normalized spacial score (nSPS) is 17.3. The standard InChI is InChI=1S/C18H20ClNO/c19-18-10-16(9-8-14(18)11-20)21-12-15-6-3-5-13-4-1-2-7-17(13)15/h1-2,4,7-10,15H,3,5-6,11-12,20H2. The summed E-state index contributed by atoms with van der Waals surface area (Å²) in [5.74, 6) is 1.29. The van der Waals surface area contributed by atoms with Gasteiger partial charge >= 0.3 is 0 Å². The van der Waals surface area contributed by atoms with Gasteiger partial charge in [-0.1, -0.05) is 41.9 Å². The van der Waals surface area contributed by atoms with Crippen LogP contribution < -0.4 is 10.5 Å². The van der Waals surface area contributed by atoms with Crippen molar-refractivity contribution in [3.8, 4) is 5.75 Å². The van der Waals surface area contributed by atoms with E-state index < -0.39 is 0 Å². The number of nitrogens with two attached hydrogens (primary N) is 1. The van der Waals surface area contributed by atoms with E-state index in [-0.39, 0.29) is 0 Å². The van der Waals surface area contributed by atoms with Crippen LogP contribution in [0.5, 0.6) is 5.75 Å². The molecule has 3 rings (SSSR count). The van der Waals surface area contributed by atoms with Crippen LogP contribution in [-0.4, -0.2) is 6.61 Å². The second-order valence-corrected chi connectivity index (χ2v) is 5.96. The summed E-state index contributed by atoms with van der Waals surface area (Å²) in [4.78, 5) is 0. The Hall–Kier alpha value is -1.51. The zero-order valence-electron chi connectivity index (χ0n) is 12.0. The molecule has 1 aliphatic carbocycles. The lowest BCUT2D eigenvalue weighted by Crippen LogP contribution is -2.16. The van der Waals surface area contributed by atoms with Crippen LogP contribution in [0.25, 0.3) is 0 Å². The molecule has 0 amide bonds. The van der Waals surface area contributed by atoms with Gasteiger partial charge in [0.05, 0.1) is 6.61 Å². The van der Waals surface area contributed by atoms with E-state index in [1.54, 1.807) is 0 Å². The molecule has 1 unspecified atom stereocenters. The minimum absolute atomic E-state index is 0.453. The van der Waals surface area contributed by atoms with E-state index >= 15 is 0 Å². The van der Waals surface area contributed by atoms with Gasteiger partial charge < -0.3 is 10.5 Å². The van der Waals surface area contributed by atoms with Gasteiger partial charge in [-0.05, 0) is 48.1 Å². The Labute approximate surface area is 130 Å². The van der Waals surface area contributed by atoms with Gasteiger partial charge in [0.25, 0.3) is 0 Å². The first-order valence-electron chi connectivity index (χ1n) is 7.47. The number of benzene rings is 2. The quantitative estimate of drug-likeness (QED) is 0.914. The summed E-state index contributed by atoms with van der Waals surface area (Å²) in [5, 5.41) is 0.680. The Morgan fingerprint density at radius 2 is 2.05 bits per heavy atom. The molecule has 2 aromatic rings. The van der Waals surface area contributed by atoms with E-state index in [2.05, 4.69) is 24.3 Å². The predicted octanol–water partition coefficient (Wildman–Crippen LogP) is 4.30. The number of halogens is 1. The topological polar surface area (TPSA) is 35.2 Å². The summed E-state index contributed by atoms with van der Waals surface area (Å²) in [5.41, 5.74) is 9.48. The fraction of sp³-hybridized carbons (Fsp3) is 0.333. The van der Waals surface area contributed by atoms with E-state index in [1.165, 1.54) is 30.4 Å². The van der Waals surface area contributed by atoms with Gasteiger partial charge in [-0.25, -0.2) is 0 Å². The Morgan fingerprint density at radius 3 is 2.86 bits per heavy atom. The summed E-state index contributed by atoms with van der Waals surface area (Å²) in [6.07, 6.45) is 3.60. The van der Waals surface area contributed by atoms with Gasteiger partial charge in [0.2, 0.25) is 0 Å². The molecule has 0 heterocycles. The van der Waals surface area contributed by atoms with Crippen LogP contribution in [-0.2, 0) is 13.0 Å². The van der Waals surface area contributed by atoms with Crippen LogP contribution in [0, 0.1) is 0 Å². The fourth-order valence-electron chi connectivity index (χ4n) is 3.01. The van der Waals surface area contributed by atoms with Crippen LogP contribution in [0.2, 0.25) is 5.02 Å². The van der Waals surface area contributed by atoms with Crippen molar-refractivity contribution < 1.29 is 4.74 Å². The second kappa shape index (κ2) is 6.50. The van der Waals surface area contributed by atoms with Crippen LogP contribution in [0.3, 0.4) is 0 Å². The van der Waals surface area contributed by atoms with Crippen LogP contribution >= 0.6 is 11.6 Å². The van der Waals surface area contributed by atoms with E-state index in [0.717, 1.165) is 11.3 Å². The smallest absolute Gasteiger partial charge is 0.120 e. The first-order valence-corrected chi connectivity index (χ1v) is 7.85. The fourth-order valence-corrected chi connectivity index (χ4v) is 3.26. The molecule has 21 heavy (non-hydrogen) atoms. The van der Waals surface area contributed by atoms with Crippen molar-refractivity contribution in [3.05, 3.63) is 64.2 Å². The molecule has 0 saturated carbocycles. The highest BCUT2D eigenvalue weighted by Crippen LogP contribution is 2.32. The lowest BCUT2D eigenvalue weighted by Gasteiger charge is -2.25.